The smallest absolute Gasteiger partial charge is 0.379 e. The van der Waals surface area contributed by atoms with Gasteiger partial charge in [0.2, 0.25) is 0 Å². The number of amides is 1. The van der Waals surface area contributed by atoms with Gasteiger partial charge in [0, 0.05) is 11.6 Å². The fraction of sp³-hybridized carbons (Fsp3) is 0.778. The highest BCUT2D eigenvalue weighted by Gasteiger charge is 2.42. The summed E-state index contributed by atoms with van der Waals surface area (Å²) in [4.78, 5) is 24.1. The Morgan fingerprint density at radius 2 is 2.07 bits per heavy atom. The lowest BCUT2D eigenvalue weighted by atomic mass is 10.0. The molecule has 1 saturated heterocycles. The first-order chi connectivity index (χ1) is 6.40. The second-order valence-electron chi connectivity index (χ2n) is 4.28. The standard InChI is InChI=1S/C9H14BNO3/c1-6-4-5-9(2,3)11(6)7(12)8(13)14-10/h6H,4-5H2,1-3H3/t6-/m1/s1. The predicted molar refractivity (Wildman–Crippen MR) is 51.5 cm³/mol. The molecule has 14 heavy (non-hydrogen) atoms. The largest absolute Gasteiger partial charge is 0.536 e. The van der Waals surface area contributed by atoms with Crippen LogP contribution in [0.3, 0.4) is 0 Å². The number of carbonyl (C=O) groups is 2. The van der Waals surface area contributed by atoms with Crippen LogP contribution in [0.2, 0.25) is 0 Å². The van der Waals surface area contributed by atoms with Crippen molar-refractivity contribution in [3.63, 3.8) is 0 Å². The quantitative estimate of drug-likeness (QED) is 0.415. The third-order valence-electron chi connectivity index (χ3n) is 2.77. The summed E-state index contributed by atoms with van der Waals surface area (Å²) in [6.07, 6.45) is 1.79. The van der Waals surface area contributed by atoms with E-state index in [9.17, 15) is 9.59 Å². The molecule has 0 aromatic carbocycles. The van der Waals surface area contributed by atoms with E-state index in [1.54, 1.807) is 4.90 Å². The van der Waals surface area contributed by atoms with E-state index in [2.05, 4.69) is 12.7 Å². The van der Waals surface area contributed by atoms with Gasteiger partial charge in [-0.2, -0.15) is 0 Å². The summed E-state index contributed by atoms with van der Waals surface area (Å²) in [5, 5.41) is 0. The molecule has 1 amide bonds. The number of rotatable bonds is 0. The lowest BCUT2D eigenvalue weighted by Gasteiger charge is -2.33. The molecule has 0 unspecified atom stereocenters. The van der Waals surface area contributed by atoms with Gasteiger partial charge in [0.05, 0.1) is 0 Å². The Kier molecular flexibility index (Phi) is 2.88. The second kappa shape index (κ2) is 3.63. The normalized spacial score (nSPS) is 24.8. The molecular formula is C9H14BNO3. The minimum atomic E-state index is -0.994. The van der Waals surface area contributed by atoms with Crippen LogP contribution in [0.25, 0.3) is 0 Å². The third kappa shape index (κ3) is 1.76. The van der Waals surface area contributed by atoms with Crippen molar-refractivity contribution >= 4 is 19.9 Å². The van der Waals surface area contributed by atoms with Crippen molar-refractivity contribution in [2.24, 2.45) is 0 Å². The molecule has 76 valence electrons. The molecule has 4 nitrogen and oxygen atoms in total. The molecule has 0 aromatic heterocycles. The first kappa shape index (κ1) is 11.1. The summed E-state index contributed by atoms with van der Waals surface area (Å²) in [6.45, 7) is 5.77. The number of hydrogen-bond acceptors (Lipinski definition) is 3. The van der Waals surface area contributed by atoms with E-state index in [0.29, 0.717) is 0 Å². The van der Waals surface area contributed by atoms with Gasteiger partial charge < -0.3 is 9.55 Å². The zero-order valence-electron chi connectivity index (χ0n) is 8.74. The summed E-state index contributed by atoms with van der Waals surface area (Å²) in [7, 11) is 4.68. The van der Waals surface area contributed by atoms with E-state index in [1.807, 2.05) is 20.8 Å². The van der Waals surface area contributed by atoms with Gasteiger partial charge in [0.1, 0.15) is 0 Å². The van der Waals surface area contributed by atoms with Crippen molar-refractivity contribution in [1.29, 1.82) is 0 Å². The van der Waals surface area contributed by atoms with Gasteiger partial charge in [0.15, 0.2) is 0 Å². The Labute approximate surface area is 85.0 Å². The molecule has 1 atom stereocenters. The predicted octanol–water partition coefficient (Wildman–Crippen LogP) is 0.403. The number of carbonyl (C=O) groups excluding carboxylic acids is 2. The monoisotopic (exact) mass is 195 g/mol. The fourth-order valence-corrected chi connectivity index (χ4v) is 2.03. The van der Waals surface area contributed by atoms with Crippen LogP contribution in [0.5, 0.6) is 0 Å². The Bertz CT molecular complexity index is 265. The van der Waals surface area contributed by atoms with Crippen LogP contribution in [0, 0.1) is 0 Å². The van der Waals surface area contributed by atoms with Crippen LogP contribution < -0.4 is 0 Å². The molecule has 5 heteroatoms. The molecule has 1 fully saturated rings. The highest BCUT2D eigenvalue weighted by atomic mass is 16.5. The molecule has 0 spiro atoms. The average molecular weight is 195 g/mol. The zero-order chi connectivity index (χ0) is 10.9. The maximum atomic E-state index is 11.6. The Morgan fingerprint density at radius 3 is 2.43 bits per heavy atom. The maximum absolute atomic E-state index is 11.6. The lowest BCUT2D eigenvalue weighted by molar-refractivity contribution is -0.157. The molecule has 0 aliphatic carbocycles. The van der Waals surface area contributed by atoms with Crippen molar-refractivity contribution in [2.45, 2.75) is 45.2 Å². The van der Waals surface area contributed by atoms with Crippen LogP contribution in [0.4, 0.5) is 0 Å². The van der Waals surface area contributed by atoms with Gasteiger partial charge in [0.25, 0.3) is 0 Å². The van der Waals surface area contributed by atoms with Gasteiger partial charge in [-0.3, -0.25) is 4.79 Å². The summed E-state index contributed by atoms with van der Waals surface area (Å²) in [6, 6.07) is 0.0663. The molecule has 0 bridgehead atoms. The molecule has 2 radical (unpaired) electrons. The molecule has 1 heterocycles. The second-order valence-corrected chi connectivity index (χ2v) is 4.28. The lowest BCUT2D eigenvalue weighted by Crippen LogP contribution is -2.49. The highest BCUT2D eigenvalue weighted by molar-refractivity contribution is 6.36. The molecule has 0 aromatic rings. The molecule has 0 saturated carbocycles. The minimum absolute atomic E-state index is 0.0663. The van der Waals surface area contributed by atoms with E-state index < -0.39 is 11.9 Å². The summed E-state index contributed by atoms with van der Waals surface area (Å²) in [5.74, 6) is -1.64. The van der Waals surface area contributed by atoms with Crippen LogP contribution in [-0.2, 0) is 14.2 Å². The topological polar surface area (TPSA) is 46.6 Å². The van der Waals surface area contributed by atoms with Crippen molar-refractivity contribution in [3.05, 3.63) is 0 Å². The van der Waals surface area contributed by atoms with Gasteiger partial charge in [-0.15, -0.1) is 0 Å². The number of likely N-dealkylation sites (tertiary alicyclic amines) is 1. The number of nitrogens with zero attached hydrogens (tertiary/aromatic N) is 1. The van der Waals surface area contributed by atoms with Crippen LogP contribution in [0.1, 0.15) is 33.6 Å². The van der Waals surface area contributed by atoms with Crippen LogP contribution >= 0.6 is 0 Å². The fourth-order valence-electron chi connectivity index (χ4n) is 2.03. The number of hydrogen-bond donors (Lipinski definition) is 0. The van der Waals surface area contributed by atoms with E-state index in [4.69, 9.17) is 0 Å². The van der Waals surface area contributed by atoms with E-state index >= 15 is 0 Å². The first-order valence-electron chi connectivity index (χ1n) is 4.64. The molecule has 1 aliphatic heterocycles. The first-order valence-corrected chi connectivity index (χ1v) is 4.64. The molecule has 1 aliphatic rings. The van der Waals surface area contributed by atoms with Gasteiger partial charge in [-0.1, -0.05) is 0 Å². The van der Waals surface area contributed by atoms with Crippen molar-refractivity contribution in [3.8, 4) is 0 Å². The van der Waals surface area contributed by atoms with Crippen molar-refractivity contribution in [2.75, 3.05) is 0 Å². The molecular weight excluding hydrogens is 181 g/mol. The van der Waals surface area contributed by atoms with E-state index in [0.717, 1.165) is 12.8 Å². The molecule has 0 N–H and O–H groups in total. The zero-order valence-corrected chi connectivity index (χ0v) is 8.74. The molecule has 1 rings (SSSR count). The van der Waals surface area contributed by atoms with Gasteiger partial charge >= 0.3 is 19.9 Å². The van der Waals surface area contributed by atoms with Gasteiger partial charge in [-0.05, 0) is 33.6 Å². The van der Waals surface area contributed by atoms with Crippen LogP contribution in [-0.4, -0.2) is 36.4 Å². The highest BCUT2D eigenvalue weighted by Crippen LogP contribution is 2.33. The average Bonchev–Trinajstić information content (AvgIpc) is 2.38. The van der Waals surface area contributed by atoms with Crippen molar-refractivity contribution in [1.82, 2.24) is 4.90 Å². The van der Waals surface area contributed by atoms with Gasteiger partial charge in [-0.25, -0.2) is 4.79 Å². The van der Waals surface area contributed by atoms with E-state index in [-0.39, 0.29) is 11.6 Å². The minimum Gasteiger partial charge on any atom is -0.536 e. The summed E-state index contributed by atoms with van der Waals surface area (Å²) in [5.41, 5.74) is -0.287. The third-order valence-corrected chi connectivity index (χ3v) is 2.77. The summed E-state index contributed by atoms with van der Waals surface area (Å²) < 4.78 is 3.94. The Balaban J connectivity index is 2.85. The van der Waals surface area contributed by atoms with E-state index in [1.165, 1.54) is 0 Å². The SMILES string of the molecule is [B]OC(=O)C(=O)N1[C@H](C)CCC1(C)C. The maximum Gasteiger partial charge on any atom is 0.379 e. The summed E-state index contributed by atoms with van der Waals surface area (Å²) >= 11 is 0. The Hall–Kier alpha value is -0.995. The Morgan fingerprint density at radius 1 is 1.50 bits per heavy atom. The van der Waals surface area contributed by atoms with Crippen LogP contribution in [0.15, 0.2) is 0 Å². The van der Waals surface area contributed by atoms with Crippen molar-refractivity contribution < 1.29 is 14.2 Å².